The molecule has 0 aliphatic carbocycles. The van der Waals surface area contributed by atoms with Crippen LogP contribution in [-0.2, 0) is 9.59 Å². The minimum Gasteiger partial charge on any atom is -1.00 e. The molecule has 0 heterocycles. The van der Waals surface area contributed by atoms with Gasteiger partial charge in [0.25, 0.3) is 0 Å². The number of nitrogens with one attached hydrogen (secondary N) is 1. The topological polar surface area (TPSA) is 86.6 Å². The van der Waals surface area contributed by atoms with E-state index < -0.39 is 11.9 Å². The summed E-state index contributed by atoms with van der Waals surface area (Å²) in [6.45, 7) is 3.68. The molecule has 0 aromatic carbocycles. The second-order valence-electron chi connectivity index (χ2n) is 2.79. The SMILES string of the molecule is CCCC(=O)O.CCCC(=O)O.CNC.[H-].[H-].[Na+].[Na+]. The Morgan fingerprint density at radius 3 is 1.12 bits per heavy atom. The molecule has 0 saturated heterocycles. The zero-order valence-corrected chi connectivity index (χ0v) is 16.0. The van der Waals surface area contributed by atoms with Crippen LogP contribution in [0.3, 0.4) is 0 Å². The van der Waals surface area contributed by atoms with E-state index in [-0.39, 0.29) is 62.0 Å². The van der Waals surface area contributed by atoms with Gasteiger partial charge in [0.05, 0.1) is 0 Å². The molecule has 7 heteroatoms. The van der Waals surface area contributed by atoms with Crippen molar-refractivity contribution in [2.24, 2.45) is 0 Å². The van der Waals surface area contributed by atoms with Crippen LogP contribution in [0.5, 0.6) is 0 Å². The zero-order chi connectivity index (χ0) is 12.7. The van der Waals surface area contributed by atoms with Gasteiger partial charge in [-0.05, 0) is 26.9 Å². The van der Waals surface area contributed by atoms with Crippen LogP contribution in [0.4, 0.5) is 0 Å². The Hall–Kier alpha value is 0.900. The summed E-state index contributed by atoms with van der Waals surface area (Å²) in [6.07, 6.45) is 2.05. The second kappa shape index (κ2) is 30.2. The minimum atomic E-state index is -0.711. The quantitative estimate of drug-likeness (QED) is 0.451. The molecule has 0 unspecified atom stereocenters. The van der Waals surface area contributed by atoms with Gasteiger partial charge < -0.3 is 18.4 Å². The van der Waals surface area contributed by atoms with Gasteiger partial charge in [-0.1, -0.05) is 13.8 Å². The predicted octanol–water partition coefficient (Wildman–Crippen LogP) is -4.19. The van der Waals surface area contributed by atoms with Crippen molar-refractivity contribution in [3.8, 4) is 0 Å². The molecule has 96 valence electrons. The normalized spacial score (nSPS) is 6.82. The van der Waals surface area contributed by atoms with Crippen LogP contribution in [0.2, 0.25) is 0 Å². The van der Waals surface area contributed by atoms with E-state index in [1.807, 2.05) is 27.9 Å². The fourth-order valence-electron chi connectivity index (χ4n) is 0.428. The van der Waals surface area contributed by atoms with Crippen LogP contribution in [0.1, 0.15) is 42.4 Å². The van der Waals surface area contributed by atoms with Crippen LogP contribution < -0.4 is 64.4 Å². The summed E-state index contributed by atoms with van der Waals surface area (Å²) in [6, 6.07) is 0. The van der Waals surface area contributed by atoms with E-state index in [1.54, 1.807) is 0 Å². The maximum absolute atomic E-state index is 9.60. The van der Waals surface area contributed by atoms with E-state index in [0.717, 1.165) is 12.8 Å². The molecular weight excluding hydrogens is 244 g/mol. The molecule has 5 nitrogen and oxygen atoms in total. The molecule has 3 N–H and O–H groups in total. The third-order valence-corrected chi connectivity index (χ3v) is 0.928. The molecule has 0 atom stereocenters. The van der Waals surface area contributed by atoms with E-state index >= 15 is 0 Å². The molecule has 0 spiro atoms. The molecule has 17 heavy (non-hydrogen) atoms. The van der Waals surface area contributed by atoms with Crippen LogP contribution in [0, 0.1) is 0 Å². The molecule has 0 aliphatic heterocycles. The van der Waals surface area contributed by atoms with Crippen molar-refractivity contribution < 1.29 is 81.8 Å². The van der Waals surface area contributed by atoms with Gasteiger partial charge in [0.1, 0.15) is 0 Å². The Balaban J connectivity index is -0.0000000215. The van der Waals surface area contributed by atoms with Gasteiger partial charge in [0, 0.05) is 12.8 Å². The van der Waals surface area contributed by atoms with Crippen molar-refractivity contribution in [2.45, 2.75) is 39.5 Å². The maximum atomic E-state index is 9.60. The van der Waals surface area contributed by atoms with E-state index in [1.165, 1.54) is 0 Å². The molecule has 0 rings (SSSR count). The maximum Gasteiger partial charge on any atom is 1.00 e. The van der Waals surface area contributed by atoms with Crippen LogP contribution in [-0.4, -0.2) is 36.2 Å². The van der Waals surface area contributed by atoms with Crippen LogP contribution in [0.25, 0.3) is 0 Å². The van der Waals surface area contributed by atoms with Gasteiger partial charge in [-0.25, -0.2) is 0 Å². The largest absolute Gasteiger partial charge is 1.00 e. The molecule has 0 radical (unpaired) electrons. The van der Waals surface area contributed by atoms with Gasteiger partial charge in [-0.2, -0.15) is 0 Å². The Morgan fingerprint density at radius 2 is 1.12 bits per heavy atom. The average molecular weight is 269 g/mol. The molecular formula is C10H25NNa2O4. The predicted molar refractivity (Wildman–Crippen MR) is 62.3 cm³/mol. The van der Waals surface area contributed by atoms with Gasteiger partial charge in [-0.15, -0.1) is 0 Å². The first-order valence-electron chi connectivity index (χ1n) is 4.98. The fourth-order valence-corrected chi connectivity index (χ4v) is 0.428. The summed E-state index contributed by atoms with van der Waals surface area (Å²) in [5, 5.41) is 18.6. The van der Waals surface area contributed by atoms with Gasteiger partial charge in [-0.3, -0.25) is 9.59 Å². The molecule has 0 aromatic heterocycles. The average Bonchev–Trinajstić information content (AvgIpc) is 2.05. The first kappa shape index (κ1) is 30.7. The standard InChI is InChI=1S/2C4H8O2.C2H7N.2Na.2H/c2*1-2-3-4(5)6;1-3-2;;;;/h2*2-3H2,1H3,(H,5,6);3H,1-2H3;;;;/q;;;2*+1;2*-1. The number of hydrogen-bond acceptors (Lipinski definition) is 3. The molecule has 0 aromatic rings. The number of rotatable bonds is 4. The number of aliphatic carboxylic acids is 2. The molecule has 0 fully saturated rings. The zero-order valence-electron chi connectivity index (χ0n) is 14.0. The number of carbonyl (C=O) groups is 2. The Bertz CT molecular complexity index is 150. The van der Waals surface area contributed by atoms with Crippen molar-refractivity contribution in [1.29, 1.82) is 0 Å². The monoisotopic (exact) mass is 269 g/mol. The Labute approximate surface area is 151 Å². The van der Waals surface area contributed by atoms with Gasteiger partial charge in [0.2, 0.25) is 0 Å². The fraction of sp³-hybridized carbons (Fsp3) is 0.800. The first-order valence-corrected chi connectivity index (χ1v) is 4.98. The Kier molecular flexibility index (Phi) is 54.5. The van der Waals surface area contributed by atoms with Gasteiger partial charge >= 0.3 is 71.1 Å². The van der Waals surface area contributed by atoms with Crippen LogP contribution >= 0.6 is 0 Å². The second-order valence-corrected chi connectivity index (χ2v) is 2.79. The van der Waals surface area contributed by atoms with Crippen molar-refractivity contribution in [2.75, 3.05) is 14.1 Å². The number of carboxylic acid groups (broad SMARTS) is 2. The van der Waals surface area contributed by atoms with Crippen molar-refractivity contribution in [1.82, 2.24) is 5.32 Å². The summed E-state index contributed by atoms with van der Waals surface area (Å²) in [4.78, 5) is 19.2. The van der Waals surface area contributed by atoms with E-state index in [2.05, 4.69) is 5.32 Å². The summed E-state index contributed by atoms with van der Waals surface area (Å²) in [5.74, 6) is -1.42. The van der Waals surface area contributed by atoms with Crippen molar-refractivity contribution in [3.05, 3.63) is 0 Å². The molecule has 0 bridgehead atoms. The van der Waals surface area contributed by atoms with Crippen molar-refractivity contribution in [3.63, 3.8) is 0 Å². The summed E-state index contributed by atoms with van der Waals surface area (Å²) in [7, 11) is 3.75. The summed E-state index contributed by atoms with van der Waals surface area (Å²) in [5.41, 5.74) is 0. The third kappa shape index (κ3) is 78.8. The van der Waals surface area contributed by atoms with E-state index in [0.29, 0.717) is 12.8 Å². The first-order chi connectivity index (χ1) is 6.95. The van der Waals surface area contributed by atoms with E-state index in [4.69, 9.17) is 10.2 Å². The molecule has 0 aliphatic rings. The Morgan fingerprint density at radius 1 is 0.941 bits per heavy atom. The minimum absolute atomic E-state index is 0. The smallest absolute Gasteiger partial charge is 1.00 e. The number of carboxylic acids is 2. The summed E-state index contributed by atoms with van der Waals surface area (Å²) < 4.78 is 0. The van der Waals surface area contributed by atoms with E-state index in [9.17, 15) is 9.59 Å². The third-order valence-electron chi connectivity index (χ3n) is 0.928. The number of hydrogen-bond donors (Lipinski definition) is 3. The summed E-state index contributed by atoms with van der Waals surface area (Å²) >= 11 is 0. The molecule has 0 amide bonds. The van der Waals surface area contributed by atoms with Crippen LogP contribution in [0.15, 0.2) is 0 Å². The van der Waals surface area contributed by atoms with Crippen molar-refractivity contribution >= 4 is 11.9 Å². The van der Waals surface area contributed by atoms with Gasteiger partial charge in [0.15, 0.2) is 0 Å². The molecule has 0 saturated carbocycles.